The molecular weight excluding hydrogens is 240 g/mol. The van der Waals surface area contributed by atoms with Crippen LogP contribution in [0.2, 0.25) is 0 Å². The van der Waals surface area contributed by atoms with E-state index in [0.717, 1.165) is 0 Å². The summed E-state index contributed by atoms with van der Waals surface area (Å²) >= 11 is 1.21. The van der Waals surface area contributed by atoms with Crippen LogP contribution in [0.5, 0.6) is 0 Å². The number of nitrogen functional groups attached to an aromatic ring is 1. The Balaban J connectivity index is 2.74. The van der Waals surface area contributed by atoms with Gasteiger partial charge in [0.15, 0.2) is 5.13 Å². The molecule has 0 aliphatic rings. The van der Waals surface area contributed by atoms with Crippen LogP contribution in [0.4, 0.5) is 5.13 Å². The summed E-state index contributed by atoms with van der Waals surface area (Å²) in [6.45, 7) is 2.33. The van der Waals surface area contributed by atoms with Crippen molar-refractivity contribution in [3.63, 3.8) is 0 Å². The van der Waals surface area contributed by atoms with Gasteiger partial charge in [-0.2, -0.15) is 0 Å². The molecule has 7 heteroatoms. The van der Waals surface area contributed by atoms with Crippen molar-refractivity contribution in [2.24, 2.45) is 0 Å². The summed E-state index contributed by atoms with van der Waals surface area (Å²) in [5.74, 6) is -0.390. The van der Waals surface area contributed by atoms with E-state index in [1.54, 1.807) is 19.5 Å². The summed E-state index contributed by atoms with van der Waals surface area (Å²) in [4.78, 5) is 30.3. The second-order valence-electron chi connectivity index (χ2n) is 3.68. The highest BCUT2D eigenvalue weighted by Crippen LogP contribution is 2.13. The molecule has 1 aromatic heterocycles. The molecule has 1 aromatic rings. The fourth-order valence-electron chi connectivity index (χ4n) is 1.18. The molecule has 0 fully saturated rings. The zero-order chi connectivity index (χ0) is 13.0. The average molecular weight is 256 g/mol. The van der Waals surface area contributed by atoms with Crippen molar-refractivity contribution in [1.29, 1.82) is 0 Å². The van der Waals surface area contributed by atoms with E-state index in [0.29, 0.717) is 17.4 Å². The lowest BCUT2D eigenvalue weighted by atomic mass is 10.3. The summed E-state index contributed by atoms with van der Waals surface area (Å²) < 4.78 is 0. The third-order valence-corrected chi connectivity index (χ3v) is 2.91. The van der Waals surface area contributed by atoms with Gasteiger partial charge in [-0.25, -0.2) is 4.98 Å². The number of nitrogens with two attached hydrogens (primary N) is 1. The molecule has 0 aliphatic heterocycles. The number of aromatic nitrogens is 1. The van der Waals surface area contributed by atoms with Crippen molar-refractivity contribution in [3.05, 3.63) is 11.1 Å². The monoisotopic (exact) mass is 256 g/mol. The van der Waals surface area contributed by atoms with Crippen molar-refractivity contribution < 1.29 is 9.59 Å². The first-order chi connectivity index (χ1) is 7.95. The fourth-order valence-corrected chi connectivity index (χ4v) is 1.72. The Bertz CT molecular complexity index is 416. The molecule has 6 nitrogen and oxygen atoms in total. The summed E-state index contributed by atoms with van der Waals surface area (Å²) in [5.41, 5.74) is 5.76. The minimum Gasteiger partial charge on any atom is -0.375 e. The number of likely N-dealkylation sites (N-methyl/N-ethyl adjacent to an activating group) is 2. The van der Waals surface area contributed by atoms with Crippen LogP contribution in [-0.4, -0.2) is 53.8 Å². The number of carbonyl (C=O) groups is 2. The molecule has 0 aromatic carbocycles. The standard InChI is InChI=1S/C10H16N4O2S/c1-4-14(5-8(15)13(2)3)9(16)7-6-17-10(11)12-7/h6H,4-5H2,1-3H3,(H2,11,12). The van der Waals surface area contributed by atoms with Crippen molar-refractivity contribution >= 4 is 28.3 Å². The number of thiazole rings is 1. The molecule has 1 rings (SSSR count). The molecule has 0 saturated carbocycles. The summed E-state index contributed by atoms with van der Waals surface area (Å²) in [6, 6.07) is 0. The number of amides is 2. The van der Waals surface area contributed by atoms with E-state index in [-0.39, 0.29) is 18.4 Å². The van der Waals surface area contributed by atoms with Crippen LogP contribution < -0.4 is 5.73 Å². The highest BCUT2D eigenvalue weighted by atomic mass is 32.1. The average Bonchev–Trinajstić information content (AvgIpc) is 2.71. The predicted octanol–water partition coefficient (Wildman–Crippen LogP) is 0.276. The van der Waals surface area contributed by atoms with Gasteiger partial charge in [0.05, 0.1) is 0 Å². The molecule has 2 amide bonds. The Morgan fingerprint density at radius 2 is 2.12 bits per heavy atom. The lowest BCUT2D eigenvalue weighted by Crippen LogP contribution is -2.40. The smallest absolute Gasteiger partial charge is 0.273 e. The minimum absolute atomic E-state index is 0.0553. The Hall–Kier alpha value is -1.63. The maximum atomic E-state index is 12.0. The van der Waals surface area contributed by atoms with E-state index in [9.17, 15) is 9.59 Å². The normalized spacial score (nSPS) is 10.1. The molecule has 0 bridgehead atoms. The van der Waals surface area contributed by atoms with E-state index in [2.05, 4.69) is 4.98 Å². The van der Waals surface area contributed by atoms with Gasteiger partial charge in [-0.15, -0.1) is 11.3 Å². The fraction of sp³-hybridized carbons (Fsp3) is 0.500. The third kappa shape index (κ3) is 3.42. The number of nitrogens with zero attached hydrogens (tertiary/aromatic N) is 3. The lowest BCUT2D eigenvalue weighted by Gasteiger charge is -2.21. The van der Waals surface area contributed by atoms with Gasteiger partial charge in [-0.3, -0.25) is 9.59 Å². The molecule has 0 aliphatic carbocycles. The Kier molecular flexibility index (Phi) is 4.45. The molecule has 0 unspecified atom stereocenters. The number of hydrogen-bond acceptors (Lipinski definition) is 5. The Morgan fingerprint density at radius 1 is 1.47 bits per heavy atom. The highest BCUT2D eigenvalue weighted by molar-refractivity contribution is 7.13. The van der Waals surface area contributed by atoms with Crippen LogP contribution >= 0.6 is 11.3 Å². The minimum atomic E-state index is -0.268. The maximum Gasteiger partial charge on any atom is 0.273 e. The molecule has 0 radical (unpaired) electrons. The third-order valence-electron chi connectivity index (χ3n) is 2.23. The SMILES string of the molecule is CCN(CC(=O)N(C)C)C(=O)c1csc(N)n1. The van der Waals surface area contributed by atoms with Crippen LogP contribution in [0.3, 0.4) is 0 Å². The largest absolute Gasteiger partial charge is 0.375 e. The second kappa shape index (κ2) is 5.62. The first-order valence-corrected chi connectivity index (χ1v) is 6.04. The second-order valence-corrected chi connectivity index (χ2v) is 4.57. The van der Waals surface area contributed by atoms with E-state index in [1.807, 2.05) is 6.92 Å². The number of carbonyl (C=O) groups excluding carboxylic acids is 2. The maximum absolute atomic E-state index is 12.0. The van der Waals surface area contributed by atoms with Gasteiger partial charge in [0, 0.05) is 26.0 Å². The topological polar surface area (TPSA) is 79.5 Å². The quantitative estimate of drug-likeness (QED) is 0.839. The van der Waals surface area contributed by atoms with Gasteiger partial charge in [0.2, 0.25) is 5.91 Å². The van der Waals surface area contributed by atoms with E-state index >= 15 is 0 Å². The van der Waals surface area contributed by atoms with Crippen molar-refractivity contribution in [1.82, 2.24) is 14.8 Å². The zero-order valence-electron chi connectivity index (χ0n) is 10.1. The first kappa shape index (κ1) is 13.4. The summed E-state index contributed by atoms with van der Waals surface area (Å²) in [7, 11) is 3.31. The van der Waals surface area contributed by atoms with Gasteiger partial charge in [0.25, 0.3) is 5.91 Å². The number of hydrogen-bond donors (Lipinski definition) is 1. The van der Waals surface area contributed by atoms with E-state index in [4.69, 9.17) is 5.73 Å². The van der Waals surface area contributed by atoms with Gasteiger partial charge in [-0.1, -0.05) is 0 Å². The molecule has 17 heavy (non-hydrogen) atoms. The Morgan fingerprint density at radius 3 is 2.53 bits per heavy atom. The molecule has 94 valence electrons. The lowest BCUT2D eigenvalue weighted by molar-refractivity contribution is -0.129. The van der Waals surface area contributed by atoms with E-state index < -0.39 is 0 Å². The van der Waals surface area contributed by atoms with Crippen LogP contribution in [0.15, 0.2) is 5.38 Å². The van der Waals surface area contributed by atoms with Gasteiger partial charge in [-0.05, 0) is 6.92 Å². The van der Waals surface area contributed by atoms with Crippen LogP contribution in [-0.2, 0) is 4.79 Å². The first-order valence-electron chi connectivity index (χ1n) is 5.16. The van der Waals surface area contributed by atoms with Crippen LogP contribution in [0.25, 0.3) is 0 Å². The predicted molar refractivity (Wildman–Crippen MR) is 66.8 cm³/mol. The molecule has 0 atom stereocenters. The molecule has 2 N–H and O–H groups in total. The van der Waals surface area contributed by atoms with Gasteiger partial charge < -0.3 is 15.5 Å². The summed E-state index contributed by atoms with van der Waals surface area (Å²) in [5, 5.41) is 1.95. The number of rotatable bonds is 4. The van der Waals surface area contributed by atoms with Crippen LogP contribution in [0.1, 0.15) is 17.4 Å². The Labute approximate surface area is 104 Å². The molecule has 0 saturated heterocycles. The number of anilines is 1. The molecule has 1 heterocycles. The van der Waals surface area contributed by atoms with Gasteiger partial charge >= 0.3 is 0 Å². The van der Waals surface area contributed by atoms with E-state index in [1.165, 1.54) is 21.1 Å². The summed E-state index contributed by atoms with van der Waals surface area (Å²) in [6.07, 6.45) is 0. The van der Waals surface area contributed by atoms with Crippen molar-refractivity contribution in [2.45, 2.75) is 6.92 Å². The molecule has 0 spiro atoms. The van der Waals surface area contributed by atoms with Crippen LogP contribution in [0, 0.1) is 0 Å². The van der Waals surface area contributed by atoms with Crippen molar-refractivity contribution in [2.75, 3.05) is 32.9 Å². The zero-order valence-corrected chi connectivity index (χ0v) is 11.0. The van der Waals surface area contributed by atoms with Crippen molar-refractivity contribution in [3.8, 4) is 0 Å². The molecular formula is C10H16N4O2S. The van der Waals surface area contributed by atoms with Gasteiger partial charge in [0.1, 0.15) is 12.2 Å². The highest BCUT2D eigenvalue weighted by Gasteiger charge is 2.20.